The molecule has 1 amide bonds. The molecule has 1 atom stereocenters. The predicted octanol–water partition coefficient (Wildman–Crippen LogP) is 3.75. The van der Waals surface area contributed by atoms with E-state index in [0.29, 0.717) is 24.6 Å². The number of rotatable bonds is 4. The smallest absolute Gasteiger partial charge is 0.227 e. The molecule has 3 heterocycles. The molecule has 0 saturated heterocycles. The molecule has 6 heteroatoms. The van der Waals surface area contributed by atoms with Gasteiger partial charge < -0.3 is 14.4 Å². The highest BCUT2D eigenvalue weighted by Gasteiger charge is 2.30. The molecule has 1 aliphatic rings. The number of H-pyrrole nitrogens is 1. The fourth-order valence-electron chi connectivity index (χ4n) is 3.73. The first kappa shape index (κ1) is 16.8. The van der Waals surface area contributed by atoms with Crippen LogP contribution in [-0.2, 0) is 17.6 Å². The number of aromatic amines is 1. The highest BCUT2D eigenvalue weighted by molar-refractivity contribution is 5.86. The first-order valence-electron chi connectivity index (χ1n) is 9.26. The summed E-state index contributed by atoms with van der Waals surface area (Å²) in [6.07, 6.45) is 1.76. The molecule has 0 spiro atoms. The molecule has 0 unspecified atom stereocenters. The molecule has 0 bridgehead atoms. The molecular formula is C20H24N4O2. The molecule has 0 aliphatic carbocycles. The van der Waals surface area contributed by atoms with Gasteiger partial charge in [0.15, 0.2) is 5.82 Å². The third kappa shape index (κ3) is 2.89. The maximum absolute atomic E-state index is 12.8. The van der Waals surface area contributed by atoms with Gasteiger partial charge in [0, 0.05) is 41.9 Å². The molecule has 0 radical (unpaired) electrons. The summed E-state index contributed by atoms with van der Waals surface area (Å²) in [4.78, 5) is 22.6. The molecule has 136 valence electrons. The van der Waals surface area contributed by atoms with E-state index in [4.69, 9.17) is 4.52 Å². The highest BCUT2D eigenvalue weighted by atomic mass is 16.5. The van der Waals surface area contributed by atoms with Crippen molar-refractivity contribution in [1.82, 2.24) is 20.0 Å². The number of carbonyl (C=O) groups is 1. The Morgan fingerprint density at radius 1 is 1.38 bits per heavy atom. The number of hydrogen-bond donors (Lipinski definition) is 1. The van der Waals surface area contributed by atoms with Crippen LogP contribution in [0, 0.1) is 0 Å². The molecule has 6 nitrogen and oxygen atoms in total. The van der Waals surface area contributed by atoms with Crippen LogP contribution in [0.5, 0.6) is 0 Å². The number of nitrogens with one attached hydrogen (secondary N) is 1. The predicted molar refractivity (Wildman–Crippen MR) is 98.8 cm³/mol. The normalized spacial score (nSPS) is 17.1. The van der Waals surface area contributed by atoms with Gasteiger partial charge in [-0.1, -0.05) is 37.2 Å². The zero-order chi connectivity index (χ0) is 18.3. The number of fused-ring (bicyclic) bond motifs is 3. The van der Waals surface area contributed by atoms with Gasteiger partial charge in [-0.05, 0) is 25.0 Å². The van der Waals surface area contributed by atoms with E-state index < -0.39 is 0 Å². The minimum atomic E-state index is 0.0487. The number of aromatic nitrogens is 3. The van der Waals surface area contributed by atoms with Crippen molar-refractivity contribution in [3.8, 4) is 0 Å². The third-order valence-corrected chi connectivity index (χ3v) is 5.21. The van der Waals surface area contributed by atoms with Gasteiger partial charge in [0.2, 0.25) is 11.8 Å². The van der Waals surface area contributed by atoms with Crippen molar-refractivity contribution in [2.75, 3.05) is 6.54 Å². The summed E-state index contributed by atoms with van der Waals surface area (Å²) < 4.78 is 5.25. The van der Waals surface area contributed by atoms with Crippen molar-refractivity contribution < 1.29 is 9.32 Å². The summed E-state index contributed by atoms with van der Waals surface area (Å²) in [5.74, 6) is 1.59. The number of hydrogen-bond acceptors (Lipinski definition) is 4. The Labute approximate surface area is 152 Å². The standard InChI is InChI=1S/C20H24N4O2/c1-12(2)20-22-17(26-23-20)8-9-18(25)24-11-10-15-14-6-4-5-7-16(14)21-19(15)13(24)3/h4-7,12-13,21H,8-11H2,1-3H3/t13-/m1/s1. The van der Waals surface area contributed by atoms with Crippen LogP contribution in [0.2, 0.25) is 0 Å². The topological polar surface area (TPSA) is 75.0 Å². The lowest BCUT2D eigenvalue weighted by Gasteiger charge is -2.33. The van der Waals surface area contributed by atoms with E-state index in [1.54, 1.807) is 0 Å². The maximum Gasteiger partial charge on any atom is 0.227 e. The van der Waals surface area contributed by atoms with Crippen LogP contribution in [0.15, 0.2) is 28.8 Å². The van der Waals surface area contributed by atoms with Gasteiger partial charge in [0.1, 0.15) is 0 Å². The summed E-state index contributed by atoms with van der Waals surface area (Å²) in [5.41, 5.74) is 3.65. The average Bonchev–Trinajstić information content (AvgIpc) is 3.25. The lowest BCUT2D eigenvalue weighted by molar-refractivity contribution is -0.133. The van der Waals surface area contributed by atoms with Gasteiger partial charge in [-0.25, -0.2) is 0 Å². The fraction of sp³-hybridized carbons (Fsp3) is 0.450. The van der Waals surface area contributed by atoms with Crippen LogP contribution in [0.3, 0.4) is 0 Å². The number of nitrogens with zero attached hydrogens (tertiary/aromatic N) is 3. The Balaban J connectivity index is 1.47. The lowest BCUT2D eigenvalue weighted by atomic mass is 9.98. The number of benzene rings is 1. The van der Waals surface area contributed by atoms with E-state index in [-0.39, 0.29) is 17.9 Å². The van der Waals surface area contributed by atoms with Gasteiger partial charge in [-0.15, -0.1) is 0 Å². The largest absolute Gasteiger partial charge is 0.356 e. The number of carbonyl (C=O) groups excluding carboxylic acids is 1. The van der Waals surface area contributed by atoms with Gasteiger partial charge in [-0.3, -0.25) is 4.79 Å². The minimum Gasteiger partial charge on any atom is -0.356 e. The molecule has 1 aliphatic heterocycles. The number of aryl methyl sites for hydroxylation is 1. The molecule has 1 N–H and O–H groups in total. The quantitative estimate of drug-likeness (QED) is 0.776. The zero-order valence-corrected chi connectivity index (χ0v) is 15.5. The molecule has 3 aromatic rings. The van der Waals surface area contributed by atoms with Crippen molar-refractivity contribution in [3.05, 3.63) is 47.2 Å². The third-order valence-electron chi connectivity index (χ3n) is 5.21. The van der Waals surface area contributed by atoms with E-state index in [2.05, 4.69) is 40.2 Å². The maximum atomic E-state index is 12.8. The van der Waals surface area contributed by atoms with Crippen LogP contribution in [0.4, 0.5) is 0 Å². The molecule has 0 fully saturated rings. The summed E-state index contributed by atoms with van der Waals surface area (Å²) >= 11 is 0. The Morgan fingerprint density at radius 2 is 2.19 bits per heavy atom. The Kier molecular flexibility index (Phi) is 4.26. The highest BCUT2D eigenvalue weighted by Crippen LogP contribution is 2.34. The number of amides is 1. The van der Waals surface area contributed by atoms with Crippen LogP contribution >= 0.6 is 0 Å². The summed E-state index contributed by atoms with van der Waals surface area (Å²) in [6, 6.07) is 8.39. The second kappa shape index (κ2) is 6.59. The Bertz CT molecular complexity index is 940. The van der Waals surface area contributed by atoms with Crippen LogP contribution < -0.4 is 0 Å². The summed E-state index contributed by atoms with van der Waals surface area (Å²) in [5, 5.41) is 5.23. The first-order chi connectivity index (χ1) is 12.5. The van der Waals surface area contributed by atoms with Crippen molar-refractivity contribution in [2.24, 2.45) is 0 Å². The minimum absolute atomic E-state index is 0.0487. The Hall–Kier alpha value is -2.63. The van der Waals surface area contributed by atoms with E-state index in [0.717, 1.165) is 24.2 Å². The molecule has 0 saturated carbocycles. The van der Waals surface area contributed by atoms with Gasteiger partial charge in [0.25, 0.3) is 0 Å². The first-order valence-corrected chi connectivity index (χ1v) is 9.26. The van der Waals surface area contributed by atoms with Crippen LogP contribution in [0.25, 0.3) is 10.9 Å². The second-order valence-corrected chi connectivity index (χ2v) is 7.28. The van der Waals surface area contributed by atoms with Gasteiger partial charge in [0.05, 0.1) is 6.04 Å². The van der Waals surface area contributed by atoms with Crippen molar-refractivity contribution >= 4 is 16.8 Å². The zero-order valence-electron chi connectivity index (χ0n) is 15.5. The Morgan fingerprint density at radius 3 is 2.96 bits per heavy atom. The monoisotopic (exact) mass is 352 g/mol. The molecule has 26 heavy (non-hydrogen) atoms. The van der Waals surface area contributed by atoms with Crippen molar-refractivity contribution in [2.45, 2.75) is 52.0 Å². The molecular weight excluding hydrogens is 328 g/mol. The fourth-order valence-corrected chi connectivity index (χ4v) is 3.73. The second-order valence-electron chi connectivity index (χ2n) is 7.28. The summed E-state index contributed by atoms with van der Waals surface area (Å²) in [6.45, 7) is 6.88. The lowest BCUT2D eigenvalue weighted by Crippen LogP contribution is -2.38. The SMILES string of the molecule is CC(C)c1noc(CCC(=O)N2CCc3c([nH]c4ccccc34)[C@H]2C)n1. The summed E-state index contributed by atoms with van der Waals surface area (Å²) in [7, 11) is 0. The average molecular weight is 352 g/mol. The van der Waals surface area contributed by atoms with Gasteiger partial charge in [-0.2, -0.15) is 4.98 Å². The van der Waals surface area contributed by atoms with Gasteiger partial charge >= 0.3 is 0 Å². The van der Waals surface area contributed by atoms with Crippen LogP contribution in [0.1, 0.15) is 62.1 Å². The molecule has 1 aromatic carbocycles. The van der Waals surface area contributed by atoms with E-state index in [1.807, 2.05) is 24.8 Å². The van der Waals surface area contributed by atoms with Crippen LogP contribution in [-0.4, -0.2) is 32.5 Å². The van der Waals surface area contributed by atoms with E-state index in [1.165, 1.54) is 10.9 Å². The van der Waals surface area contributed by atoms with E-state index in [9.17, 15) is 4.79 Å². The molecule has 2 aromatic heterocycles. The number of para-hydroxylation sites is 1. The van der Waals surface area contributed by atoms with Crippen molar-refractivity contribution in [3.63, 3.8) is 0 Å². The van der Waals surface area contributed by atoms with Crippen molar-refractivity contribution in [1.29, 1.82) is 0 Å². The van der Waals surface area contributed by atoms with E-state index >= 15 is 0 Å². The molecule has 4 rings (SSSR count).